The minimum absolute atomic E-state index is 0.0911. The molecule has 0 saturated carbocycles. The molecule has 0 radical (unpaired) electrons. The fourth-order valence-corrected chi connectivity index (χ4v) is 1.68. The lowest BCUT2D eigenvalue weighted by Gasteiger charge is -2.11. The van der Waals surface area contributed by atoms with Crippen LogP contribution in [0.3, 0.4) is 0 Å². The lowest BCUT2D eigenvalue weighted by molar-refractivity contribution is -0.140. The second-order valence-corrected chi connectivity index (χ2v) is 4.84. The van der Waals surface area contributed by atoms with Gasteiger partial charge in [-0.2, -0.15) is 4.98 Å². The second-order valence-electron chi connectivity index (χ2n) is 4.84. The number of rotatable bonds is 10. The highest BCUT2D eigenvalue weighted by Crippen LogP contribution is 2.13. The molecule has 1 aromatic rings. The first-order valence-corrected chi connectivity index (χ1v) is 7.14. The number of aromatic nitrogens is 2. The minimum Gasteiger partial charge on any atom is -0.480 e. The summed E-state index contributed by atoms with van der Waals surface area (Å²) < 4.78 is 4.95. The lowest BCUT2D eigenvalue weighted by Crippen LogP contribution is -2.47. The number of hydrogen-bond acceptors (Lipinski definition) is 8. The number of nitrogens with zero attached hydrogens (tertiary/aromatic N) is 2. The molecule has 0 aromatic carbocycles. The Bertz CT molecular complexity index is 508. The number of aliphatic hydroxyl groups is 1. The Hall–Kier alpha value is -2.24. The van der Waals surface area contributed by atoms with Crippen LogP contribution in [0.2, 0.25) is 0 Å². The van der Waals surface area contributed by atoms with Gasteiger partial charge in [0.2, 0.25) is 5.89 Å². The van der Waals surface area contributed by atoms with E-state index in [-0.39, 0.29) is 18.5 Å². The normalized spacial score (nSPS) is 13.3. The summed E-state index contributed by atoms with van der Waals surface area (Å²) >= 11 is 0. The van der Waals surface area contributed by atoms with Gasteiger partial charge in [-0.25, -0.2) is 9.59 Å². The largest absolute Gasteiger partial charge is 0.480 e. The molecular weight excluding hydrogens is 308 g/mol. The lowest BCUT2D eigenvalue weighted by atomic mass is 10.1. The number of amides is 2. The highest BCUT2D eigenvalue weighted by molar-refractivity contribution is 5.82. The van der Waals surface area contributed by atoms with Crippen LogP contribution in [0.1, 0.15) is 37.0 Å². The van der Waals surface area contributed by atoms with Crippen LogP contribution in [0.4, 0.5) is 4.79 Å². The van der Waals surface area contributed by atoms with Crippen LogP contribution in [0.5, 0.6) is 0 Å². The van der Waals surface area contributed by atoms with E-state index in [1.165, 1.54) is 0 Å². The Morgan fingerprint density at radius 2 is 2.09 bits per heavy atom. The van der Waals surface area contributed by atoms with Crippen molar-refractivity contribution in [1.29, 1.82) is 0 Å². The summed E-state index contributed by atoms with van der Waals surface area (Å²) in [6.07, 6.45) is 2.37. The Kier molecular flexibility index (Phi) is 7.94. The van der Waals surface area contributed by atoms with Gasteiger partial charge in [-0.15, -0.1) is 0 Å². The third-order valence-corrected chi connectivity index (χ3v) is 2.97. The van der Waals surface area contributed by atoms with E-state index in [0.717, 1.165) is 12.8 Å². The molecule has 2 amide bonds. The van der Waals surface area contributed by atoms with Crippen LogP contribution >= 0.6 is 0 Å². The van der Waals surface area contributed by atoms with Gasteiger partial charge in [0.25, 0.3) is 0 Å². The van der Waals surface area contributed by atoms with Crippen molar-refractivity contribution in [2.24, 2.45) is 11.5 Å². The zero-order valence-electron chi connectivity index (χ0n) is 12.6. The van der Waals surface area contributed by atoms with Crippen LogP contribution < -0.4 is 22.1 Å². The van der Waals surface area contributed by atoms with E-state index in [0.29, 0.717) is 18.8 Å². The molecule has 0 spiro atoms. The van der Waals surface area contributed by atoms with Crippen molar-refractivity contribution in [3.8, 4) is 0 Å². The van der Waals surface area contributed by atoms with Gasteiger partial charge >= 0.3 is 12.0 Å². The molecule has 23 heavy (non-hydrogen) atoms. The van der Waals surface area contributed by atoms with Crippen molar-refractivity contribution in [2.75, 3.05) is 13.2 Å². The number of carbonyl (C=O) groups is 2. The maximum atomic E-state index is 11.5. The van der Waals surface area contributed by atoms with Gasteiger partial charge in [-0.1, -0.05) is 11.6 Å². The number of hydrogen-bond donors (Lipinski definition) is 6. The van der Waals surface area contributed by atoms with Gasteiger partial charge in [0.15, 0.2) is 11.9 Å². The van der Waals surface area contributed by atoms with E-state index in [2.05, 4.69) is 20.8 Å². The number of urea groups is 1. The molecule has 130 valence electrons. The first kappa shape index (κ1) is 18.8. The third kappa shape index (κ3) is 6.59. The number of carboxylic acids is 1. The predicted octanol–water partition coefficient (Wildman–Crippen LogP) is -1.56. The van der Waals surface area contributed by atoms with E-state index < -0.39 is 24.6 Å². The van der Waals surface area contributed by atoms with Gasteiger partial charge in [0, 0.05) is 0 Å². The number of aliphatic hydroxyl groups excluding tert-OH is 1. The minimum atomic E-state index is -1.38. The molecule has 0 aliphatic heterocycles. The number of unbranched alkanes of at least 4 members (excludes halogenated alkanes) is 1. The Labute approximate surface area is 132 Å². The Morgan fingerprint density at radius 1 is 1.35 bits per heavy atom. The molecule has 1 rings (SSSR count). The monoisotopic (exact) mass is 330 g/mol. The number of nitrogens with one attached hydrogen (secondary N) is 2. The summed E-state index contributed by atoms with van der Waals surface area (Å²) in [5.41, 5.74) is 11.3. The van der Waals surface area contributed by atoms with Gasteiger partial charge in [0.1, 0.15) is 0 Å². The summed E-state index contributed by atoms with van der Waals surface area (Å²) in [5, 5.41) is 25.6. The van der Waals surface area contributed by atoms with E-state index in [4.69, 9.17) is 26.2 Å². The Balaban J connectivity index is 2.41. The molecule has 1 aromatic heterocycles. The number of aliphatic carboxylic acids is 1. The van der Waals surface area contributed by atoms with E-state index in [9.17, 15) is 9.59 Å². The van der Waals surface area contributed by atoms with E-state index >= 15 is 0 Å². The smallest absolute Gasteiger partial charge is 0.328 e. The molecule has 0 bridgehead atoms. The van der Waals surface area contributed by atoms with Crippen molar-refractivity contribution in [2.45, 2.75) is 37.9 Å². The summed E-state index contributed by atoms with van der Waals surface area (Å²) in [5.74, 6) is -0.871. The molecule has 0 fully saturated rings. The number of carbonyl (C=O) groups excluding carboxylic acids is 1. The van der Waals surface area contributed by atoms with Gasteiger partial charge < -0.3 is 36.8 Å². The second kappa shape index (κ2) is 9.71. The van der Waals surface area contributed by atoms with E-state index in [1.54, 1.807) is 0 Å². The summed E-state index contributed by atoms with van der Waals surface area (Å²) in [6.45, 7) is -0.217. The summed E-state index contributed by atoms with van der Waals surface area (Å²) in [6, 6.07) is -2.54. The molecule has 0 aliphatic carbocycles. The number of carboxylic acid groups (broad SMARTS) is 1. The van der Waals surface area contributed by atoms with Crippen LogP contribution in [-0.2, 0) is 11.3 Å². The molecule has 8 N–H and O–H groups in total. The molecule has 0 saturated heterocycles. The fourth-order valence-electron chi connectivity index (χ4n) is 1.68. The Morgan fingerprint density at radius 3 is 2.70 bits per heavy atom. The summed E-state index contributed by atoms with van der Waals surface area (Å²) in [7, 11) is 0. The first-order valence-electron chi connectivity index (χ1n) is 7.14. The van der Waals surface area contributed by atoms with Crippen molar-refractivity contribution >= 4 is 12.0 Å². The molecule has 0 unspecified atom stereocenters. The van der Waals surface area contributed by atoms with Gasteiger partial charge in [-0.05, 0) is 19.4 Å². The molecule has 1 heterocycles. The van der Waals surface area contributed by atoms with Crippen LogP contribution in [0.15, 0.2) is 4.52 Å². The van der Waals surface area contributed by atoms with Crippen molar-refractivity contribution in [1.82, 2.24) is 20.8 Å². The van der Waals surface area contributed by atoms with E-state index in [1.807, 2.05) is 0 Å². The average Bonchev–Trinajstić information content (AvgIpc) is 2.99. The molecule has 11 heteroatoms. The van der Waals surface area contributed by atoms with Gasteiger partial charge in [0.05, 0.1) is 19.2 Å². The zero-order valence-corrected chi connectivity index (χ0v) is 12.6. The predicted molar refractivity (Wildman–Crippen MR) is 78.0 cm³/mol. The average molecular weight is 330 g/mol. The zero-order chi connectivity index (χ0) is 17.2. The van der Waals surface area contributed by atoms with Crippen LogP contribution in [-0.4, -0.2) is 51.5 Å². The highest BCUT2D eigenvalue weighted by Gasteiger charge is 2.19. The fraction of sp³-hybridized carbons (Fsp3) is 0.667. The topological polar surface area (TPSA) is 190 Å². The summed E-state index contributed by atoms with van der Waals surface area (Å²) in [4.78, 5) is 26.2. The molecular formula is C12H22N6O5. The number of nitrogens with two attached hydrogens (primary N) is 2. The quantitative estimate of drug-likeness (QED) is 0.275. The molecule has 2 atom stereocenters. The van der Waals surface area contributed by atoms with Gasteiger partial charge in [-0.3, -0.25) is 0 Å². The SMILES string of the molecule is NCCCC[C@H](N)c1noc(CNC(=O)N[C@@H](CO)C(=O)O)n1. The van der Waals surface area contributed by atoms with Crippen molar-refractivity contribution < 1.29 is 24.3 Å². The standard InChI is InChI=1S/C12H22N6O5/c13-4-2-1-3-7(14)10-17-9(23-18-10)5-15-12(22)16-8(6-19)11(20)21/h7-8,19H,1-6,13-14H2,(H,20,21)(H2,15,16,22)/t7-,8-/m0/s1. The molecule has 0 aliphatic rings. The maximum absolute atomic E-state index is 11.5. The first-order chi connectivity index (χ1) is 11.0. The van der Waals surface area contributed by atoms with Crippen molar-refractivity contribution in [3.05, 3.63) is 11.7 Å². The van der Waals surface area contributed by atoms with Crippen molar-refractivity contribution in [3.63, 3.8) is 0 Å². The van der Waals surface area contributed by atoms with Crippen LogP contribution in [0, 0.1) is 0 Å². The maximum Gasteiger partial charge on any atom is 0.328 e. The molecule has 11 nitrogen and oxygen atoms in total. The highest BCUT2D eigenvalue weighted by atomic mass is 16.5. The third-order valence-electron chi connectivity index (χ3n) is 2.97. The van der Waals surface area contributed by atoms with Crippen LogP contribution in [0.25, 0.3) is 0 Å².